The number of rotatable bonds is 3. The zero-order valence-electron chi connectivity index (χ0n) is 15.9. The van der Waals surface area contributed by atoms with E-state index in [0.29, 0.717) is 29.1 Å². The third-order valence-electron chi connectivity index (χ3n) is 6.57. The lowest BCUT2D eigenvalue weighted by atomic mass is 9.59. The maximum Gasteiger partial charge on any atom is 0.260 e. The zero-order valence-corrected chi connectivity index (χ0v) is 15.9. The fourth-order valence-electron chi connectivity index (χ4n) is 5.36. The molecule has 2 N–H and O–H groups in total. The smallest absolute Gasteiger partial charge is 0.260 e. The molecule has 0 aliphatic heterocycles. The Morgan fingerprint density at radius 2 is 1.48 bits per heavy atom. The summed E-state index contributed by atoms with van der Waals surface area (Å²) in [6.45, 7) is 0.783. The Labute approximate surface area is 168 Å². The Kier molecular flexibility index (Phi) is 3.60. The minimum Gasteiger partial charge on any atom is -0.355 e. The highest BCUT2D eigenvalue weighted by Gasteiger charge is 2.42. The number of nitrogens with zero attached hydrogens (tertiary/aromatic N) is 1. The van der Waals surface area contributed by atoms with E-state index < -0.39 is 0 Å². The molecule has 4 nitrogen and oxygen atoms in total. The van der Waals surface area contributed by atoms with Gasteiger partial charge < -0.3 is 5.32 Å². The summed E-state index contributed by atoms with van der Waals surface area (Å²) in [5.41, 5.74) is 6.48. The van der Waals surface area contributed by atoms with Gasteiger partial charge in [0.25, 0.3) is 5.56 Å². The van der Waals surface area contributed by atoms with Crippen molar-refractivity contribution in [3.05, 3.63) is 105 Å². The van der Waals surface area contributed by atoms with Gasteiger partial charge in [-0.3, -0.25) is 9.78 Å². The van der Waals surface area contributed by atoms with E-state index in [4.69, 9.17) is 0 Å². The number of hydrogen-bond donors (Lipinski definition) is 2. The van der Waals surface area contributed by atoms with Crippen molar-refractivity contribution in [3.8, 4) is 0 Å². The van der Waals surface area contributed by atoms with Gasteiger partial charge in [0, 0.05) is 18.4 Å². The topological polar surface area (TPSA) is 57.8 Å². The Morgan fingerprint density at radius 3 is 2.21 bits per heavy atom. The van der Waals surface area contributed by atoms with Gasteiger partial charge in [0.05, 0.1) is 10.9 Å². The highest BCUT2D eigenvalue weighted by Crippen LogP contribution is 2.55. The van der Waals surface area contributed by atoms with Gasteiger partial charge in [-0.25, -0.2) is 4.98 Å². The second kappa shape index (κ2) is 6.31. The predicted octanol–water partition coefficient (Wildman–Crippen LogP) is 4.63. The Hall–Kier alpha value is -3.40. The largest absolute Gasteiger partial charge is 0.355 e. The van der Waals surface area contributed by atoms with Gasteiger partial charge in [-0.05, 0) is 46.7 Å². The number of hydrogen-bond acceptors (Lipinski definition) is 3. The highest BCUT2D eigenvalue weighted by molar-refractivity contribution is 5.78. The van der Waals surface area contributed by atoms with Crippen LogP contribution in [0.1, 0.15) is 40.5 Å². The van der Waals surface area contributed by atoms with E-state index in [1.807, 2.05) is 18.2 Å². The van der Waals surface area contributed by atoms with Crippen molar-refractivity contribution in [2.24, 2.45) is 5.92 Å². The van der Waals surface area contributed by atoms with Crippen molar-refractivity contribution in [3.63, 3.8) is 0 Å². The lowest BCUT2D eigenvalue weighted by molar-refractivity contribution is 0.372. The number of nitrogens with one attached hydrogen (secondary N) is 2. The van der Waals surface area contributed by atoms with Crippen molar-refractivity contribution >= 4 is 16.9 Å². The first-order valence-corrected chi connectivity index (χ1v) is 10.2. The molecular weight excluding hydrogens is 358 g/mol. The van der Waals surface area contributed by atoms with E-state index in [9.17, 15) is 4.79 Å². The van der Waals surface area contributed by atoms with Gasteiger partial charge in [-0.1, -0.05) is 60.7 Å². The SMILES string of the molecule is O=c1[nH]c(NCC2CC3c4ccccc4C2c2ccccc23)nc2ccccc12. The summed E-state index contributed by atoms with van der Waals surface area (Å²) in [5.74, 6) is 1.84. The summed E-state index contributed by atoms with van der Waals surface area (Å²) in [5, 5.41) is 4.05. The first-order chi connectivity index (χ1) is 14.3. The van der Waals surface area contributed by atoms with Gasteiger partial charge in [-0.15, -0.1) is 0 Å². The lowest BCUT2D eigenvalue weighted by Crippen LogP contribution is -2.35. The number of aromatic amines is 1. The number of anilines is 1. The molecule has 142 valence electrons. The van der Waals surface area contributed by atoms with Crippen LogP contribution in [0.5, 0.6) is 0 Å². The monoisotopic (exact) mass is 379 g/mol. The third kappa shape index (κ3) is 2.52. The second-order valence-corrected chi connectivity index (χ2v) is 8.10. The van der Waals surface area contributed by atoms with E-state index in [2.05, 4.69) is 63.8 Å². The average molecular weight is 379 g/mol. The summed E-state index contributed by atoms with van der Waals surface area (Å²) in [6, 6.07) is 25.2. The molecule has 0 spiro atoms. The van der Waals surface area contributed by atoms with Crippen molar-refractivity contribution in [2.45, 2.75) is 18.3 Å². The normalized spacial score (nSPS) is 21.6. The fraction of sp³-hybridized carbons (Fsp3) is 0.200. The molecule has 7 rings (SSSR count). The number of aromatic nitrogens is 2. The van der Waals surface area contributed by atoms with Gasteiger partial charge in [0.1, 0.15) is 0 Å². The Bertz CT molecular complexity index is 1240. The van der Waals surface area contributed by atoms with E-state index in [1.54, 1.807) is 6.07 Å². The van der Waals surface area contributed by atoms with Crippen LogP contribution in [0, 0.1) is 5.92 Å². The molecule has 0 saturated carbocycles. The van der Waals surface area contributed by atoms with Crippen LogP contribution in [0.4, 0.5) is 5.95 Å². The van der Waals surface area contributed by atoms with Crippen LogP contribution in [0.2, 0.25) is 0 Å². The molecule has 3 aromatic carbocycles. The molecule has 0 radical (unpaired) electrons. The molecule has 29 heavy (non-hydrogen) atoms. The van der Waals surface area contributed by atoms with Crippen LogP contribution in [0.25, 0.3) is 10.9 Å². The lowest BCUT2D eigenvalue weighted by Gasteiger charge is -2.45. The fourth-order valence-corrected chi connectivity index (χ4v) is 5.36. The molecule has 4 heteroatoms. The second-order valence-electron chi connectivity index (χ2n) is 8.10. The van der Waals surface area contributed by atoms with Crippen LogP contribution in [-0.2, 0) is 0 Å². The zero-order chi connectivity index (χ0) is 19.4. The molecule has 4 aromatic rings. The van der Waals surface area contributed by atoms with Crippen LogP contribution in [-0.4, -0.2) is 16.5 Å². The third-order valence-corrected chi connectivity index (χ3v) is 6.57. The molecule has 1 unspecified atom stereocenters. The number of H-pyrrole nitrogens is 1. The quantitative estimate of drug-likeness (QED) is 0.546. The van der Waals surface area contributed by atoms with Crippen LogP contribution in [0.15, 0.2) is 77.6 Å². The van der Waals surface area contributed by atoms with Crippen molar-refractivity contribution in [1.82, 2.24) is 9.97 Å². The molecule has 0 amide bonds. The van der Waals surface area contributed by atoms with Crippen LogP contribution >= 0.6 is 0 Å². The standard InChI is InChI=1S/C25H21N3O/c29-24-20-11-5-6-12-22(20)27-25(28-24)26-14-15-13-21-16-7-1-3-9-18(16)23(15)19-10-4-2-8-17(19)21/h1-12,15,21,23H,13-14H2,(H2,26,27,28,29). The predicted molar refractivity (Wildman–Crippen MR) is 116 cm³/mol. The van der Waals surface area contributed by atoms with Crippen molar-refractivity contribution in [1.29, 1.82) is 0 Å². The molecular formula is C25H21N3O. The first-order valence-electron chi connectivity index (χ1n) is 10.2. The number of fused-ring (bicyclic) bond motifs is 2. The Balaban J connectivity index is 1.34. The van der Waals surface area contributed by atoms with Gasteiger partial charge in [0.2, 0.25) is 5.95 Å². The van der Waals surface area contributed by atoms with E-state index in [0.717, 1.165) is 18.5 Å². The average Bonchev–Trinajstić information content (AvgIpc) is 2.78. The minimum absolute atomic E-state index is 0.0982. The van der Waals surface area contributed by atoms with E-state index >= 15 is 0 Å². The molecule has 1 heterocycles. The summed E-state index contributed by atoms with van der Waals surface area (Å²) in [7, 11) is 0. The summed E-state index contributed by atoms with van der Waals surface area (Å²) in [4.78, 5) is 19.9. The van der Waals surface area contributed by atoms with Crippen molar-refractivity contribution < 1.29 is 0 Å². The summed E-state index contributed by atoms with van der Waals surface area (Å²) in [6.07, 6.45) is 1.11. The van der Waals surface area contributed by atoms with E-state index in [-0.39, 0.29) is 5.56 Å². The molecule has 1 aromatic heterocycles. The van der Waals surface area contributed by atoms with E-state index in [1.165, 1.54) is 22.3 Å². The summed E-state index contributed by atoms with van der Waals surface area (Å²) < 4.78 is 0. The van der Waals surface area contributed by atoms with Gasteiger partial charge in [-0.2, -0.15) is 0 Å². The summed E-state index contributed by atoms with van der Waals surface area (Å²) >= 11 is 0. The van der Waals surface area contributed by atoms with Crippen molar-refractivity contribution in [2.75, 3.05) is 11.9 Å². The van der Waals surface area contributed by atoms with Gasteiger partial charge in [0.15, 0.2) is 0 Å². The van der Waals surface area contributed by atoms with Crippen LogP contribution in [0.3, 0.4) is 0 Å². The molecule has 0 saturated heterocycles. The Morgan fingerprint density at radius 1 is 0.862 bits per heavy atom. The molecule has 0 fully saturated rings. The maximum atomic E-state index is 12.4. The number of para-hydroxylation sites is 1. The maximum absolute atomic E-state index is 12.4. The van der Waals surface area contributed by atoms with Crippen LogP contribution < -0.4 is 10.9 Å². The minimum atomic E-state index is -0.0982. The molecule has 3 aliphatic rings. The molecule has 3 aliphatic carbocycles. The molecule has 1 atom stereocenters. The van der Waals surface area contributed by atoms with Gasteiger partial charge >= 0.3 is 0 Å². The first kappa shape index (κ1) is 16.5. The highest BCUT2D eigenvalue weighted by atomic mass is 16.1. The molecule has 2 bridgehead atoms. The number of benzene rings is 3.